The van der Waals surface area contributed by atoms with Gasteiger partial charge in [0.25, 0.3) is 5.91 Å². The molecule has 3 aromatic carbocycles. The maximum atomic E-state index is 14.4. The molecule has 272 valence electrons. The smallest absolute Gasteiger partial charge is 0.323 e. The third kappa shape index (κ3) is 10.2. The summed E-state index contributed by atoms with van der Waals surface area (Å²) in [7, 11) is -0.706. The summed E-state index contributed by atoms with van der Waals surface area (Å²) in [5.74, 6) is 0.283. The number of nitrogens with zero attached hydrogens (tertiary/aromatic N) is 2. The number of carbonyl (C=O) groups excluding carboxylic acids is 2. The molecular formula is C37H50N4O8S. The molecule has 1 aliphatic heterocycles. The van der Waals surface area contributed by atoms with E-state index < -0.39 is 34.1 Å². The van der Waals surface area contributed by atoms with Crippen LogP contribution in [0.2, 0.25) is 0 Å². The van der Waals surface area contributed by atoms with Gasteiger partial charge in [-0.25, -0.2) is 13.2 Å². The molecule has 13 heteroatoms. The largest absolute Gasteiger partial charge is 0.497 e. The number of nitrogens with one attached hydrogen (secondary N) is 2. The molecule has 3 amide bonds. The molecule has 1 aliphatic rings. The SMILES string of the molecule is COc1ccc(NC(=O)Nc2ccc3c(c2)C(=O)N([C@H](C)CO)C[C@H](C)[C@H](CN(C)S(=O)(=O)c2ccc(C)cc2)OCCCC[C@@H](C)O3)cc1. The van der Waals surface area contributed by atoms with Crippen LogP contribution in [0.25, 0.3) is 0 Å². The van der Waals surface area contributed by atoms with E-state index in [1.807, 2.05) is 20.8 Å². The lowest BCUT2D eigenvalue weighted by Gasteiger charge is -2.35. The van der Waals surface area contributed by atoms with E-state index in [0.717, 1.165) is 18.4 Å². The molecule has 12 nitrogen and oxygen atoms in total. The number of carbonyl (C=O) groups is 2. The third-order valence-corrected chi connectivity index (χ3v) is 10.7. The molecular weight excluding hydrogens is 660 g/mol. The van der Waals surface area contributed by atoms with Crippen molar-refractivity contribution in [1.82, 2.24) is 9.21 Å². The minimum atomic E-state index is -3.80. The number of urea groups is 1. The van der Waals surface area contributed by atoms with E-state index in [1.165, 1.54) is 11.4 Å². The molecule has 0 fully saturated rings. The molecule has 0 aromatic heterocycles. The Morgan fingerprint density at radius 3 is 2.36 bits per heavy atom. The number of hydrogen-bond acceptors (Lipinski definition) is 8. The molecule has 4 rings (SSSR count). The fourth-order valence-corrected chi connectivity index (χ4v) is 6.86. The quantitative estimate of drug-likeness (QED) is 0.254. The highest BCUT2D eigenvalue weighted by Crippen LogP contribution is 2.29. The zero-order valence-electron chi connectivity index (χ0n) is 29.7. The summed E-state index contributed by atoms with van der Waals surface area (Å²) < 4.78 is 46.1. The molecule has 0 saturated carbocycles. The standard InChI is InChI=1S/C37H50N4O8S/c1-25-10-17-32(18-11-25)50(45,46)40(5)23-35-26(2)22-41(27(3)24-42)36(43)33-21-30(14-19-34(33)49-28(4)9-7-8-20-48-35)39-37(44)38-29-12-15-31(47-6)16-13-29/h10-19,21,26-28,35,42H,7-9,20,22-24H2,1-6H3,(H2,38,39,44)/t26-,27+,28+,35-/m0/s1. The van der Waals surface area contributed by atoms with Gasteiger partial charge in [0, 0.05) is 44.0 Å². The number of benzene rings is 3. The van der Waals surface area contributed by atoms with Crippen LogP contribution in [0.5, 0.6) is 11.5 Å². The Kier molecular flexibility index (Phi) is 13.6. The van der Waals surface area contributed by atoms with Gasteiger partial charge in [-0.3, -0.25) is 4.79 Å². The zero-order valence-corrected chi connectivity index (χ0v) is 30.5. The molecule has 50 heavy (non-hydrogen) atoms. The Bertz CT molecular complexity index is 1680. The van der Waals surface area contributed by atoms with Crippen molar-refractivity contribution in [3.63, 3.8) is 0 Å². The van der Waals surface area contributed by atoms with Crippen LogP contribution in [0.3, 0.4) is 0 Å². The summed E-state index contributed by atoms with van der Waals surface area (Å²) in [4.78, 5) is 29.0. The first-order valence-corrected chi connectivity index (χ1v) is 18.4. The van der Waals surface area contributed by atoms with Crippen LogP contribution in [-0.4, -0.2) is 93.4 Å². The minimum Gasteiger partial charge on any atom is -0.497 e. The van der Waals surface area contributed by atoms with Gasteiger partial charge in [-0.1, -0.05) is 24.6 Å². The van der Waals surface area contributed by atoms with Crippen LogP contribution < -0.4 is 20.1 Å². The van der Waals surface area contributed by atoms with Crippen LogP contribution in [0.4, 0.5) is 16.2 Å². The number of anilines is 2. The number of likely N-dealkylation sites (N-methyl/N-ethyl adjacent to an activating group) is 1. The molecule has 1 heterocycles. The fraction of sp³-hybridized carbons (Fsp3) is 0.459. The van der Waals surface area contributed by atoms with Crippen molar-refractivity contribution in [2.75, 3.05) is 51.1 Å². The lowest BCUT2D eigenvalue weighted by Crippen LogP contribution is -2.48. The number of sulfonamides is 1. The maximum absolute atomic E-state index is 14.4. The second-order valence-electron chi connectivity index (χ2n) is 12.9. The van der Waals surface area contributed by atoms with Gasteiger partial charge in [-0.2, -0.15) is 4.31 Å². The second-order valence-corrected chi connectivity index (χ2v) is 15.0. The molecule has 0 spiro atoms. The molecule has 0 radical (unpaired) electrons. The number of rotatable bonds is 9. The van der Waals surface area contributed by atoms with Crippen molar-refractivity contribution < 1.29 is 37.3 Å². The van der Waals surface area contributed by atoms with Gasteiger partial charge in [0.05, 0.1) is 42.4 Å². The second kappa shape index (κ2) is 17.7. The van der Waals surface area contributed by atoms with Crippen molar-refractivity contribution >= 4 is 33.3 Å². The van der Waals surface area contributed by atoms with Gasteiger partial charge in [0.1, 0.15) is 11.5 Å². The Hall–Kier alpha value is -4.17. The lowest BCUT2D eigenvalue weighted by molar-refractivity contribution is -0.00833. The number of aliphatic hydroxyl groups is 1. The summed E-state index contributed by atoms with van der Waals surface area (Å²) in [5, 5.41) is 15.8. The first kappa shape index (κ1) is 38.6. The van der Waals surface area contributed by atoms with Crippen LogP contribution in [0.1, 0.15) is 56.0 Å². The maximum Gasteiger partial charge on any atom is 0.323 e. The number of fused-ring (bicyclic) bond motifs is 1. The highest BCUT2D eigenvalue weighted by molar-refractivity contribution is 7.89. The van der Waals surface area contributed by atoms with E-state index in [2.05, 4.69) is 10.6 Å². The first-order valence-electron chi connectivity index (χ1n) is 16.9. The highest BCUT2D eigenvalue weighted by Gasteiger charge is 2.32. The molecule has 0 bridgehead atoms. The van der Waals surface area contributed by atoms with Gasteiger partial charge < -0.3 is 34.9 Å². The van der Waals surface area contributed by atoms with Crippen molar-refractivity contribution in [3.8, 4) is 11.5 Å². The van der Waals surface area contributed by atoms with Gasteiger partial charge in [0.2, 0.25) is 10.0 Å². The summed E-state index contributed by atoms with van der Waals surface area (Å²) in [6.45, 7) is 7.82. The van der Waals surface area contributed by atoms with Crippen LogP contribution in [0.15, 0.2) is 71.6 Å². The average molecular weight is 711 g/mol. The first-order chi connectivity index (χ1) is 23.8. The van der Waals surface area contributed by atoms with E-state index >= 15 is 0 Å². The molecule has 0 unspecified atom stereocenters. The Balaban J connectivity index is 1.61. The van der Waals surface area contributed by atoms with Gasteiger partial charge >= 0.3 is 6.03 Å². The number of methoxy groups -OCH3 is 1. The normalized spacial score (nSPS) is 19.9. The van der Waals surface area contributed by atoms with Crippen LogP contribution >= 0.6 is 0 Å². The molecule has 0 aliphatic carbocycles. The lowest BCUT2D eigenvalue weighted by atomic mass is 10.0. The molecule has 3 N–H and O–H groups in total. The molecule has 4 atom stereocenters. The topological polar surface area (TPSA) is 147 Å². The summed E-state index contributed by atoms with van der Waals surface area (Å²) >= 11 is 0. The molecule has 3 aromatic rings. The van der Waals surface area contributed by atoms with E-state index in [0.29, 0.717) is 35.9 Å². The monoisotopic (exact) mass is 710 g/mol. The minimum absolute atomic E-state index is 0.0698. The predicted octanol–water partition coefficient (Wildman–Crippen LogP) is 5.76. The van der Waals surface area contributed by atoms with E-state index in [1.54, 1.807) is 85.7 Å². The highest BCUT2D eigenvalue weighted by atomic mass is 32.2. The van der Waals surface area contributed by atoms with E-state index in [9.17, 15) is 23.1 Å². The number of ether oxygens (including phenoxy) is 3. The van der Waals surface area contributed by atoms with Crippen molar-refractivity contribution in [2.45, 2.75) is 70.1 Å². The van der Waals surface area contributed by atoms with Crippen molar-refractivity contribution in [1.29, 1.82) is 0 Å². The van der Waals surface area contributed by atoms with Gasteiger partial charge in [0.15, 0.2) is 0 Å². The zero-order chi connectivity index (χ0) is 36.4. The van der Waals surface area contributed by atoms with Crippen molar-refractivity contribution in [2.24, 2.45) is 5.92 Å². The fourth-order valence-electron chi connectivity index (χ4n) is 5.67. The summed E-state index contributed by atoms with van der Waals surface area (Å²) in [6, 6.07) is 17.4. The Morgan fingerprint density at radius 1 is 1.04 bits per heavy atom. The molecule has 0 saturated heterocycles. The van der Waals surface area contributed by atoms with Gasteiger partial charge in [-0.05, 0) is 94.6 Å². The van der Waals surface area contributed by atoms with Crippen LogP contribution in [0, 0.1) is 12.8 Å². The van der Waals surface area contributed by atoms with Crippen molar-refractivity contribution in [3.05, 3.63) is 77.9 Å². The van der Waals surface area contributed by atoms with Gasteiger partial charge in [-0.15, -0.1) is 0 Å². The third-order valence-electron chi connectivity index (χ3n) is 8.82. The summed E-state index contributed by atoms with van der Waals surface area (Å²) in [6.07, 6.45) is 1.44. The van der Waals surface area contributed by atoms with E-state index in [4.69, 9.17) is 14.2 Å². The summed E-state index contributed by atoms with van der Waals surface area (Å²) in [5.41, 5.74) is 2.11. The number of hydrogen-bond donors (Lipinski definition) is 3. The number of aryl methyl sites for hydroxylation is 1. The van der Waals surface area contributed by atoms with Crippen LogP contribution in [-0.2, 0) is 14.8 Å². The average Bonchev–Trinajstić information content (AvgIpc) is 3.09. The predicted molar refractivity (Wildman–Crippen MR) is 194 cm³/mol. The Labute approximate surface area is 295 Å². The number of amides is 3. The van der Waals surface area contributed by atoms with E-state index in [-0.39, 0.29) is 42.2 Å². The Morgan fingerprint density at radius 2 is 1.70 bits per heavy atom. The number of aliphatic hydroxyl groups excluding tert-OH is 1.